The second kappa shape index (κ2) is 4.62. The van der Waals surface area contributed by atoms with E-state index in [-0.39, 0.29) is 0 Å². The summed E-state index contributed by atoms with van der Waals surface area (Å²) < 4.78 is 15.4. The molecule has 0 amide bonds. The number of hydrogen-bond donors (Lipinski definition) is 2. The highest BCUT2D eigenvalue weighted by Crippen LogP contribution is 2.33. The molecule has 0 saturated heterocycles. The standard InChI is InChI=1S/C3H8IO4P/c4-1-2-8-3-9(5,6)7/h1-3H2,(H2,5,6,7). The zero-order valence-electron chi connectivity index (χ0n) is 4.66. The highest BCUT2D eigenvalue weighted by atomic mass is 127. The molecule has 0 aromatic carbocycles. The second-order valence-electron chi connectivity index (χ2n) is 1.39. The third-order valence-electron chi connectivity index (χ3n) is 0.481. The van der Waals surface area contributed by atoms with Gasteiger partial charge in [0.2, 0.25) is 0 Å². The molecule has 0 radical (unpaired) electrons. The van der Waals surface area contributed by atoms with Crippen molar-refractivity contribution in [3.8, 4) is 0 Å². The molecular weight excluding hydrogens is 258 g/mol. The fraction of sp³-hybridized carbons (Fsp3) is 1.00. The minimum Gasteiger partial charge on any atom is -0.368 e. The van der Waals surface area contributed by atoms with Crippen molar-refractivity contribution >= 4 is 30.2 Å². The predicted octanol–water partition coefficient (Wildman–Crippen LogP) is 0.573. The van der Waals surface area contributed by atoms with Crippen molar-refractivity contribution < 1.29 is 19.1 Å². The van der Waals surface area contributed by atoms with E-state index < -0.39 is 13.9 Å². The molecule has 0 aliphatic carbocycles. The van der Waals surface area contributed by atoms with Crippen molar-refractivity contribution in [2.24, 2.45) is 0 Å². The Kier molecular flexibility index (Phi) is 5.06. The minimum absolute atomic E-state index is 0.395. The first-order chi connectivity index (χ1) is 4.06. The Morgan fingerprint density at radius 1 is 1.56 bits per heavy atom. The maximum absolute atomic E-state index is 10.1. The van der Waals surface area contributed by atoms with Gasteiger partial charge in [0, 0.05) is 4.43 Å². The summed E-state index contributed by atoms with van der Waals surface area (Å²) in [4.78, 5) is 16.5. The highest BCUT2D eigenvalue weighted by Gasteiger charge is 2.11. The molecule has 0 heterocycles. The summed E-state index contributed by atoms with van der Waals surface area (Å²) in [5.74, 6) is 0. The topological polar surface area (TPSA) is 66.8 Å². The van der Waals surface area contributed by atoms with Crippen LogP contribution in [-0.4, -0.2) is 27.2 Å². The lowest BCUT2D eigenvalue weighted by molar-refractivity contribution is 0.174. The molecule has 0 rings (SSSR count). The molecule has 4 nitrogen and oxygen atoms in total. The van der Waals surface area contributed by atoms with Gasteiger partial charge < -0.3 is 14.5 Å². The number of rotatable bonds is 4. The van der Waals surface area contributed by atoms with Gasteiger partial charge in [0.05, 0.1) is 6.61 Å². The molecule has 0 aliphatic rings. The molecular formula is C3H8IO4P. The van der Waals surface area contributed by atoms with E-state index in [2.05, 4.69) is 27.3 Å². The third kappa shape index (κ3) is 8.84. The van der Waals surface area contributed by atoms with Gasteiger partial charge in [0.15, 0.2) is 0 Å². The van der Waals surface area contributed by atoms with Gasteiger partial charge in [-0.05, 0) is 0 Å². The zero-order chi connectivity index (χ0) is 7.33. The zero-order valence-corrected chi connectivity index (χ0v) is 7.71. The van der Waals surface area contributed by atoms with Crippen molar-refractivity contribution in [1.29, 1.82) is 0 Å². The SMILES string of the molecule is O=P(O)(O)COCCI. The summed E-state index contributed by atoms with van der Waals surface area (Å²) in [5.41, 5.74) is 0. The van der Waals surface area contributed by atoms with E-state index in [1.807, 2.05) is 0 Å². The van der Waals surface area contributed by atoms with E-state index in [4.69, 9.17) is 9.79 Å². The summed E-state index contributed by atoms with van der Waals surface area (Å²) in [5, 5.41) is 0. The lowest BCUT2D eigenvalue weighted by Crippen LogP contribution is -1.97. The summed E-state index contributed by atoms with van der Waals surface area (Å²) in [6.45, 7) is 0.395. The maximum atomic E-state index is 10.1. The molecule has 56 valence electrons. The van der Waals surface area contributed by atoms with E-state index >= 15 is 0 Å². The second-order valence-corrected chi connectivity index (χ2v) is 4.06. The maximum Gasteiger partial charge on any atom is 0.350 e. The molecule has 9 heavy (non-hydrogen) atoms. The molecule has 0 spiro atoms. The monoisotopic (exact) mass is 266 g/mol. The first-order valence-electron chi connectivity index (χ1n) is 2.24. The van der Waals surface area contributed by atoms with Crippen LogP contribution in [0, 0.1) is 0 Å². The molecule has 0 aliphatic heterocycles. The van der Waals surface area contributed by atoms with Gasteiger partial charge in [-0.25, -0.2) is 0 Å². The summed E-state index contributed by atoms with van der Waals surface area (Å²) in [6, 6.07) is 0. The first-order valence-corrected chi connectivity index (χ1v) is 5.57. The number of hydrogen-bond acceptors (Lipinski definition) is 2. The van der Waals surface area contributed by atoms with Crippen LogP contribution in [0.4, 0.5) is 0 Å². The van der Waals surface area contributed by atoms with Crippen LogP contribution in [0.15, 0.2) is 0 Å². The molecule has 0 aromatic heterocycles. The van der Waals surface area contributed by atoms with Crippen LogP contribution in [0.5, 0.6) is 0 Å². The van der Waals surface area contributed by atoms with Crippen molar-refractivity contribution in [2.75, 3.05) is 17.4 Å². The third-order valence-corrected chi connectivity index (χ3v) is 1.44. The summed E-state index contributed by atoms with van der Waals surface area (Å²) in [7, 11) is -3.92. The quantitative estimate of drug-likeness (QED) is 0.338. The average molecular weight is 266 g/mol. The van der Waals surface area contributed by atoms with Crippen LogP contribution in [0.3, 0.4) is 0 Å². The summed E-state index contributed by atoms with van der Waals surface area (Å²) in [6.07, 6.45) is -0.462. The number of alkyl halides is 1. The van der Waals surface area contributed by atoms with E-state index in [9.17, 15) is 4.57 Å². The van der Waals surface area contributed by atoms with E-state index in [1.165, 1.54) is 0 Å². The van der Waals surface area contributed by atoms with Crippen LogP contribution in [0.2, 0.25) is 0 Å². The fourth-order valence-electron chi connectivity index (χ4n) is 0.238. The fourth-order valence-corrected chi connectivity index (χ4v) is 0.916. The van der Waals surface area contributed by atoms with Crippen LogP contribution in [-0.2, 0) is 9.30 Å². The Labute approximate surface area is 66.9 Å². The van der Waals surface area contributed by atoms with Crippen molar-refractivity contribution in [1.82, 2.24) is 0 Å². The highest BCUT2D eigenvalue weighted by molar-refractivity contribution is 14.1. The Bertz CT molecular complexity index is 110. The van der Waals surface area contributed by atoms with E-state index in [0.717, 1.165) is 4.43 Å². The molecule has 0 aromatic rings. The predicted molar refractivity (Wildman–Crippen MR) is 41.8 cm³/mol. The lowest BCUT2D eigenvalue weighted by Gasteiger charge is -2.02. The van der Waals surface area contributed by atoms with Crippen LogP contribution in [0.25, 0.3) is 0 Å². The van der Waals surface area contributed by atoms with Crippen LogP contribution < -0.4 is 0 Å². The van der Waals surface area contributed by atoms with Gasteiger partial charge in [-0.1, -0.05) is 22.6 Å². The molecule has 0 unspecified atom stereocenters. The lowest BCUT2D eigenvalue weighted by atomic mass is 10.9. The van der Waals surface area contributed by atoms with Gasteiger partial charge in [0.1, 0.15) is 6.35 Å². The van der Waals surface area contributed by atoms with Crippen molar-refractivity contribution in [3.05, 3.63) is 0 Å². The number of halogens is 1. The van der Waals surface area contributed by atoms with Crippen LogP contribution in [0.1, 0.15) is 0 Å². The Morgan fingerprint density at radius 3 is 2.44 bits per heavy atom. The average Bonchev–Trinajstić information content (AvgIpc) is 1.63. The Hall–Kier alpha value is 0.840. The minimum atomic E-state index is -3.92. The van der Waals surface area contributed by atoms with Crippen molar-refractivity contribution in [2.45, 2.75) is 0 Å². The Balaban J connectivity index is 3.18. The van der Waals surface area contributed by atoms with E-state index in [0.29, 0.717) is 6.61 Å². The van der Waals surface area contributed by atoms with Gasteiger partial charge in [-0.15, -0.1) is 0 Å². The van der Waals surface area contributed by atoms with E-state index in [1.54, 1.807) is 0 Å². The van der Waals surface area contributed by atoms with Gasteiger partial charge in [-0.3, -0.25) is 4.57 Å². The first kappa shape index (κ1) is 9.84. The smallest absolute Gasteiger partial charge is 0.350 e. The van der Waals surface area contributed by atoms with Crippen molar-refractivity contribution in [3.63, 3.8) is 0 Å². The molecule has 0 atom stereocenters. The molecule has 0 fully saturated rings. The molecule has 0 bridgehead atoms. The summed E-state index contributed by atoms with van der Waals surface area (Å²) >= 11 is 2.06. The molecule has 0 saturated carbocycles. The molecule has 6 heteroatoms. The van der Waals surface area contributed by atoms with Gasteiger partial charge in [-0.2, -0.15) is 0 Å². The van der Waals surface area contributed by atoms with Gasteiger partial charge >= 0.3 is 7.60 Å². The molecule has 2 N–H and O–H groups in total. The van der Waals surface area contributed by atoms with Gasteiger partial charge in [0.25, 0.3) is 0 Å². The Morgan fingerprint density at radius 2 is 2.11 bits per heavy atom. The normalized spacial score (nSPS) is 11.9. The largest absolute Gasteiger partial charge is 0.368 e. The number of ether oxygens (including phenoxy) is 1. The van der Waals surface area contributed by atoms with Crippen LogP contribution >= 0.6 is 30.2 Å².